The van der Waals surface area contributed by atoms with Crippen molar-refractivity contribution in [2.75, 3.05) is 24.7 Å². The minimum Gasteiger partial charge on any atom is -0.490 e. The van der Waals surface area contributed by atoms with Gasteiger partial charge < -0.3 is 9.47 Å². The SMILES string of the molecule is N#Cc1ccc(S(=O)(=O)[C@@]23CCO[C@@H](CCS(=O)(=O)CC(F)(F)F)[C@@H]2COc2c(F)ccc(F)c23)cc1. The Balaban J connectivity index is 1.84. The van der Waals surface area contributed by atoms with Gasteiger partial charge in [0.1, 0.15) is 16.3 Å². The summed E-state index contributed by atoms with van der Waals surface area (Å²) in [5, 5.41) is 9.05. The summed E-state index contributed by atoms with van der Waals surface area (Å²) in [5.41, 5.74) is -0.433. The number of alkyl halides is 3. The second-order valence-corrected chi connectivity index (χ2v) is 13.2. The average molecular weight is 566 g/mol. The number of halogens is 5. The van der Waals surface area contributed by atoms with Crippen molar-refractivity contribution in [3.63, 3.8) is 0 Å². The van der Waals surface area contributed by atoms with Gasteiger partial charge in [-0.25, -0.2) is 25.6 Å². The van der Waals surface area contributed by atoms with Crippen LogP contribution in [0.2, 0.25) is 0 Å². The number of fused-ring (bicyclic) bond motifs is 3. The highest BCUT2D eigenvalue weighted by atomic mass is 32.2. The first-order chi connectivity index (χ1) is 17.2. The number of rotatable bonds is 6. The van der Waals surface area contributed by atoms with E-state index in [1.165, 1.54) is 12.1 Å². The fourth-order valence-corrected chi connectivity index (χ4v) is 8.63. The predicted molar refractivity (Wildman–Crippen MR) is 119 cm³/mol. The van der Waals surface area contributed by atoms with Crippen molar-refractivity contribution < 1.29 is 48.3 Å². The van der Waals surface area contributed by atoms with E-state index in [2.05, 4.69) is 0 Å². The van der Waals surface area contributed by atoms with Crippen LogP contribution in [0.25, 0.3) is 0 Å². The van der Waals surface area contributed by atoms with Gasteiger partial charge in [-0.15, -0.1) is 0 Å². The molecule has 0 spiro atoms. The first-order valence-corrected chi connectivity index (χ1v) is 14.3. The molecule has 2 aromatic rings. The molecule has 200 valence electrons. The molecule has 0 aliphatic carbocycles. The number of ether oxygens (including phenoxy) is 2. The molecule has 0 radical (unpaired) electrons. The smallest absolute Gasteiger partial charge is 0.402 e. The summed E-state index contributed by atoms with van der Waals surface area (Å²) in [6.07, 6.45) is -7.12. The summed E-state index contributed by atoms with van der Waals surface area (Å²) >= 11 is 0. The highest BCUT2D eigenvalue weighted by Crippen LogP contribution is 2.55. The summed E-state index contributed by atoms with van der Waals surface area (Å²) in [6, 6.07) is 8.12. The zero-order chi connectivity index (χ0) is 27.2. The van der Waals surface area contributed by atoms with E-state index in [0.717, 1.165) is 24.3 Å². The van der Waals surface area contributed by atoms with Crippen molar-refractivity contribution in [3.8, 4) is 11.8 Å². The summed E-state index contributed by atoms with van der Waals surface area (Å²) in [6.45, 7) is -0.849. The van der Waals surface area contributed by atoms with Crippen LogP contribution in [0.4, 0.5) is 22.0 Å². The van der Waals surface area contributed by atoms with Crippen LogP contribution < -0.4 is 4.74 Å². The first-order valence-electron chi connectivity index (χ1n) is 11.0. The van der Waals surface area contributed by atoms with Crippen LogP contribution >= 0.6 is 0 Å². The molecule has 0 bridgehead atoms. The van der Waals surface area contributed by atoms with Crippen LogP contribution in [0.1, 0.15) is 24.0 Å². The number of nitrogens with zero attached hydrogens (tertiary/aromatic N) is 1. The van der Waals surface area contributed by atoms with Gasteiger partial charge in [0.15, 0.2) is 31.2 Å². The van der Waals surface area contributed by atoms with Crippen LogP contribution in [0.5, 0.6) is 5.75 Å². The Morgan fingerprint density at radius 2 is 1.68 bits per heavy atom. The molecule has 2 aliphatic heterocycles. The third kappa shape index (κ3) is 4.92. The second-order valence-electron chi connectivity index (χ2n) is 8.84. The molecule has 0 saturated carbocycles. The Morgan fingerprint density at radius 3 is 2.30 bits per heavy atom. The summed E-state index contributed by atoms with van der Waals surface area (Å²) in [5.74, 6) is -7.03. The van der Waals surface area contributed by atoms with Crippen LogP contribution in [-0.2, 0) is 29.2 Å². The Kier molecular flexibility index (Phi) is 7.02. The molecule has 0 amide bonds. The Bertz CT molecular complexity index is 1450. The molecule has 4 rings (SSSR count). The number of sulfone groups is 2. The fourth-order valence-electron chi connectivity index (χ4n) is 5.05. The quantitative estimate of drug-likeness (QED) is 0.492. The molecular formula is C23H20F5NO6S2. The van der Waals surface area contributed by atoms with Crippen LogP contribution in [0, 0.1) is 28.9 Å². The molecule has 1 fully saturated rings. The first kappa shape index (κ1) is 27.3. The highest BCUT2D eigenvalue weighted by Gasteiger charge is 2.61. The highest BCUT2D eigenvalue weighted by molar-refractivity contribution is 7.92. The lowest BCUT2D eigenvalue weighted by atomic mass is 9.75. The van der Waals surface area contributed by atoms with Gasteiger partial charge >= 0.3 is 6.18 Å². The van der Waals surface area contributed by atoms with Crippen molar-refractivity contribution in [1.29, 1.82) is 5.26 Å². The topological polar surface area (TPSA) is 111 Å². The van der Waals surface area contributed by atoms with Gasteiger partial charge in [-0.3, -0.25) is 0 Å². The van der Waals surface area contributed by atoms with Crippen LogP contribution in [0.3, 0.4) is 0 Å². The Morgan fingerprint density at radius 1 is 1.03 bits per heavy atom. The van der Waals surface area contributed by atoms with E-state index in [1.807, 2.05) is 6.07 Å². The van der Waals surface area contributed by atoms with Crippen LogP contribution in [-0.4, -0.2) is 53.8 Å². The Hall–Kier alpha value is -2.76. The third-order valence-corrected chi connectivity index (χ3v) is 10.8. The minimum absolute atomic E-state index is 0.150. The molecule has 2 heterocycles. The summed E-state index contributed by atoms with van der Waals surface area (Å²) < 4.78 is 129. The van der Waals surface area contributed by atoms with Crippen molar-refractivity contribution >= 4 is 19.7 Å². The van der Waals surface area contributed by atoms with E-state index >= 15 is 4.39 Å². The van der Waals surface area contributed by atoms with Crippen molar-refractivity contribution in [2.24, 2.45) is 5.92 Å². The van der Waals surface area contributed by atoms with Crippen molar-refractivity contribution in [1.82, 2.24) is 0 Å². The third-order valence-electron chi connectivity index (χ3n) is 6.61. The van der Waals surface area contributed by atoms with Crippen LogP contribution in [0.15, 0.2) is 41.3 Å². The fraction of sp³-hybridized carbons (Fsp3) is 0.435. The zero-order valence-corrected chi connectivity index (χ0v) is 20.6. The molecule has 7 nitrogen and oxygen atoms in total. The maximum Gasteiger partial charge on any atom is 0.402 e. The lowest BCUT2D eigenvalue weighted by Gasteiger charge is -2.50. The molecule has 0 unspecified atom stereocenters. The van der Waals surface area contributed by atoms with Gasteiger partial charge in [-0.05, 0) is 49.2 Å². The van der Waals surface area contributed by atoms with E-state index in [-0.39, 0.29) is 23.5 Å². The maximum absolute atomic E-state index is 15.3. The molecule has 2 aliphatic rings. The summed E-state index contributed by atoms with van der Waals surface area (Å²) in [7, 11) is -9.21. The minimum atomic E-state index is -4.97. The van der Waals surface area contributed by atoms with Gasteiger partial charge in [0.05, 0.1) is 40.6 Å². The molecule has 1 saturated heterocycles. The molecular weight excluding hydrogens is 545 g/mol. The van der Waals surface area contributed by atoms with E-state index in [4.69, 9.17) is 14.7 Å². The van der Waals surface area contributed by atoms with E-state index < -0.39 is 90.1 Å². The number of benzene rings is 2. The Labute approximate surface area is 209 Å². The monoisotopic (exact) mass is 565 g/mol. The van der Waals surface area contributed by atoms with Gasteiger partial charge in [0, 0.05) is 12.5 Å². The predicted octanol–water partition coefficient (Wildman–Crippen LogP) is 3.67. The van der Waals surface area contributed by atoms with Gasteiger partial charge in [0.2, 0.25) is 0 Å². The standard InChI is InChI=1S/C23H20F5NO6S2/c24-17-5-6-18(25)21-20(17)22(37(32,33)15-3-1-14(11-29)2-4-15)8-9-34-19(16(22)12-35-21)7-10-36(30,31)13-23(26,27)28/h1-6,16,19H,7-10,12-13H2/t16-,19-,22-/m0/s1. The van der Waals surface area contributed by atoms with E-state index in [9.17, 15) is 34.4 Å². The number of hydrogen-bond acceptors (Lipinski definition) is 7. The largest absolute Gasteiger partial charge is 0.490 e. The van der Waals surface area contributed by atoms with Gasteiger partial charge in [0.25, 0.3) is 0 Å². The second kappa shape index (κ2) is 9.52. The molecule has 0 N–H and O–H groups in total. The zero-order valence-electron chi connectivity index (χ0n) is 19.0. The molecule has 37 heavy (non-hydrogen) atoms. The van der Waals surface area contributed by atoms with Crippen molar-refractivity contribution in [2.45, 2.75) is 34.8 Å². The van der Waals surface area contributed by atoms with Crippen molar-refractivity contribution in [3.05, 3.63) is 59.2 Å². The summed E-state index contributed by atoms with van der Waals surface area (Å²) in [4.78, 5) is -0.307. The average Bonchev–Trinajstić information content (AvgIpc) is 2.83. The molecule has 14 heteroatoms. The van der Waals surface area contributed by atoms with Gasteiger partial charge in [-0.2, -0.15) is 18.4 Å². The van der Waals surface area contributed by atoms with E-state index in [1.54, 1.807) is 0 Å². The van der Waals surface area contributed by atoms with E-state index in [0.29, 0.717) is 0 Å². The number of nitriles is 1. The number of hydrogen-bond donors (Lipinski definition) is 0. The normalized spacial score (nSPS) is 23.9. The molecule has 0 aromatic heterocycles. The maximum atomic E-state index is 15.3. The lowest BCUT2D eigenvalue weighted by Crippen LogP contribution is -2.57. The van der Waals surface area contributed by atoms with Gasteiger partial charge in [-0.1, -0.05) is 0 Å². The molecule has 2 aromatic carbocycles. The molecule has 3 atom stereocenters. The lowest BCUT2D eigenvalue weighted by molar-refractivity contribution is -0.106.